The molecule has 0 saturated heterocycles. The van der Waals surface area contributed by atoms with Crippen molar-refractivity contribution in [1.29, 1.82) is 0 Å². The number of benzene rings is 2. The first-order chi connectivity index (χ1) is 13.2. The lowest BCUT2D eigenvalue weighted by atomic mass is 10.2. The number of furan rings is 1. The van der Waals surface area contributed by atoms with Crippen LogP contribution in [0.25, 0.3) is 11.3 Å². The molecule has 27 heavy (non-hydrogen) atoms. The maximum atomic E-state index is 11.8. The Morgan fingerprint density at radius 1 is 1.19 bits per heavy atom. The van der Waals surface area contributed by atoms with Crippen LogP contribution >= 0.6 is 11.6 Å². The van der Waals surface area contributed by atoms with Crippen molar-refractivity contribution in [1.82, 2.24) is 5.43 Å². The van der Waals surface area contributed by atoms with Crippen LogP contribution in [0.1, 0.15) is 5.76 Å². The van der Waals surface area contributed by atoms with Gasteiger partial charge in [-0.25, -0.2) is 5.43 Å². The number of anilines is 1. The van der Waals surface area contributed by atoms with E-state index in [1.807, 2.05) is 36.4 Å². The van der Waals surface area contributed by atoms with Gasteiger partial charge in [-0.3, -0.25) is 4.79 Å². The Kier molecular flexibility index (Phi) is 6.12. The Morgan fingerprint density at radius 2 is 2.00 bits per heavy atom. The number of halogens is 1. The largest absolute Gasteiger partial charge is 0.495 e. The van der Waals surface area contributed by atoms with E-state index in [-0.39, 0.29) is 12.5 Å². The van der Waals surface area contributed by atoms with Crippen molar-refractivity contribution in [3.8, 4) is 17.1 Å². The van der Waals surface area contributed by atoms with Crippen molar-refractivity contribution < 1.29 is 13.9 Å². The summed E-state index contributed by atoms with van der Waals surface area (Å²) >= 11 is 6.13. The Hall–Kier alpha value is -3.25. The highest BCUT2D eigenvalue weighted by molar-refractivity contribution is 6.32. The van der Waals surface area contributed by atoms with Gasteiger partial charge in [0.15, 0.2) is 0 Å². The van der Waals surface area contributed by atoms with E-state index in [0.717, 1.165) is 11.3 Å². The summed E-state index contributed by atoms with van der Waals surface area (Å²) in [7, 11) is 1.56. The highest BCUT2D eigenvalue weighted by Crippen LogP contribution is 2.30. The van der Waals surface area contributed by atoms with Gasteiger partial charge in [-0.15, -0.1) is 0 Å². The van der Waals surface area contributed by atoms with E-state index in [0.29, 0.717) is 22.3 Å². The Balaban J connectivity index is 1.54. The first-order valence-electron chi connectivity index (χ1n) is 8.20. The minimum atomic E-state index is -0.260. The van der Waals surface area contributed by atoms with Crippen LogP contribution < -0.4 is 15.5 Å². The number of carbonyl (C=O) groups excluding carboxylic acids is 1. The van der Waals surface area contributed by atoms with Crippen molar-refractivity contribution in [2.75, 3.05) is 19.0 Å². The van der Waals surface area contributed by atoms with Crippen LogP contribution in [0.2, 0.25) is 5.02 Å². The van der Waals surface area contributed by atoms with E-state index >= 15 is 0 Å². The van der Waals surface area contributed by atoms with Crippen molar-refractivity contribution in [2.45, 2.75) is 0 Å². The first-order valence-corrected chi connectivity index (χ1v) is 8.58. The Labute approximate surface area is 161 Å². The third-order valence-electron chi connectivity index (χ3n) is 3.67. The minimum Gasteiger partial charge on any atom is -0.495 e. The molecule has 1 heterocycles. The maximum absolute atomic E-state index is 11.8. The molecule has 0 radical (unpaired) electrons. The summed E-state index contributed by atoms with van der Waals surface area (Å²) in [6.07, 6.45) is 1.44. The van der Waals surface area contributed by atoms with Crippen LogP contribution in [0.5, 0.6) is 5.75 Å². The van der Waals surface area contributed by atoms with Gasteiger partial charge in [0.1, 0.15) is 17.3 Å². The number of nitrogens with one attached hydrogen (secondary N) is 2. The summed E-state index contributed by atoms with van der Waals surface area (Å²) in [6.45, 7) is 0.120. The molecule has 7 heteroatoms. The normalized spacial score (nSPS) is 10.7. The zero-order chi connectivity index (χ0) is 19.1. The molecular formula is C20H18ClN3O3. The fraction of sp³-hybridized carbons (Fsp3) is 0.100. The van der Waals surface area contributed by atoms with Gasteiger partial charge < -0.3 is 14.5 Å². The third kappa shape index (κ3) is 5.12. The average molecular weight is 384 g/mol. The molecule has 0 unspecified atom stereocenters. The molecule has 1 amide bonds. The summed E-state index contributed by atoms with van der Waals surface area (Å²) in [5.41, 5.74) is 4.13. The number of rotatable bonds is 7. The van der Waals surface area contributed by atoms with E-state index in [2.05, 4.69) is 15.8 Å². The van der Waals surface area contributed by atoms with Crippen LogP contribution in [-0.2, 0) is 4.79 Å². The number of amides is 1. The lowest BCUT2D eigenvalue weighted by molar-refractivity contribution is -0.119. The lowest BCUT2D eigenvalue weighted by Crippen LogP contribution is -2.25. The molecule has 0 aliphatic rings. The summed E-state index contributed by atoms with van der Waals surface area (Å²) in [6, 6.07) is 18.4. The molecule has 1 aromatic heterocycles. The Morgan fingerprint density at radius 3 is 2.74 bits per heavy atom. The highest BCUT2D eigenvalue weighted by atomic mass is 35.5. The molecule has 3 rings (SSSR count). The smallest absolute Gasteiger partial charge is 0.259 e. The van der Waals surface area contributed by atoms with E-state index in [1.54, 1.807) is 31.4 Å². The van der Waals surface area contributed by atoms with Crippen molar-refractivity contribution in [2.24, 2.45) is 5.10 Å². The van der Waals surface area contributed by atoms with Crippen LogP contribution in [-0.4, -0.2) is 25.8 Å². The SMILES string of the molecule is COc1ccc(-c2ccc(/C=N\NC(=O)CNc3ccccc3)o2)cc1Cl. The van der Waals surface area contributed by atoms with E-state index < -0.39 is 0 Å². The molecule has 0 bridgehead atoms. The molecule has 0 aliphatic heterocycles. The second kappa shape index (κ2) is 8.91. The van der Waals surface area contributed by atoms with Gasteiger partial charge in [-0.1, -0.05) is 29.8 Å². The molecule has 0 aliphatic carbocycles. The van der Waals surface area contributed by atoms with Gasteiger partial charge in [0.25, 0.3) is 5.91 Å². The molecular weight excluding hydrogens is 366 g/mol. The predicted molar refractivity (Wildman–Crippen MR) is 106 cm³/mol. The summed E-state index contributed by atoms with van der Waals surface area (Å²) in [5.74, 6) is 1.48. The van der Waals surface area contributed by atoms with Crippen LogP contribution in [0.15, 0.2) is 70.2 Å². The van der Waals surface area contributed by atoms with Gasteiger partial charge in [0.2, 0.25) is 0 Å². The van der Waals surface area contributed by atoms with Crippen LogP contribution in [0.4, 0.5) is 5.69 Å². The molecule has 2 aromatic carbocycles. The molecule has 0 fully saturated rings. The van der Waals surface area contributed by atoms with Gasteiger partial charge >= 0.3 is 0 Å². The van der Waals surface area contributed by atoms with Gasteiger partial charge in [-0.05, 0) is 42.5 Å². The number of ether oxygens (including phenoxy) is 1. The zero-order valence-electron chi connectivity index (χ0n) is 14.6. The molecule has 0 atom stereocenters. The van der Waals surface area contributed by atoms with Crippen molar-refractivity contribution in [3.05, 3.63) is 71.4 Å². The number of hydrogen-bond donors (Lipinski definition) is 2. The number of methoxy groups -OCH3 is 1. The van der Waals surface area contributed by atoms with Gasteiger partial charge in [0, 0.05) is 11.3 Å². The molecule has 2 N–H and O–H groups in total. The summed E-state index contributed by atoms with van der Waals surface area (Å²) in [5, 5.41) is 7.40. The van der Waals surface area contributed by atoms with Crippen molar-refractivity contribution >= 4 is 29.4 Å². The molecule has 138 valence electrons. The maximum Gasteiger partial charge on any atom is 0.259 e. The molecule has 0 saturated carbocycles. The third-order valence-corrected chi connectivity index (χ3v) is 3.97. The number of para-hydroxylation sites is 1. The van der Waals surface area contributed by atoms with Crippen LogP contribution in [0, 0.1) is 0 Å². The summed E-state index contributed by atoms with van der Waals surface area (Å²) in [4.78, 5) is 11.8. The first kappa shape index (κ1) is 18.5. The zero-order valence-corrected chi connectivity index (χ0v) is 15.4. The van der Waals surface area contributed by atoms with E-state index in [9.17, 15) is 4.79 Å². The van der Waals surface area contributed by atoms with Crippen LogP contribution in [0.3, 0.4) is 0 Å². The van der Waals surface area contributed by atoms with E-state index in [4.69, 9.17) is 20.8 Å². The van der Waals surface area contributed by atoms with Gasteiger partial charge in [-0.2, -0.15) is 5.10 Å². The number of carbonyl (C=O) groups is 1. The number of nitrogens with zero attached hydrogens (tertiary/aromatic N) is 1. The fourth-order valence-electron chi connectivity index (χ4n) is 2.34. The lowest BCUT2D eigenvalue weighted by Gasteiger charge is -2.04. The molecule has 3 aromatic rings. The highest BCUT2D eigenvalue weighted by Gasteiger charge is 2.07. The molecule has 6 nitrogen and oxygen atoms in total. The topological polar surface area (TPSA) is 75.9 Å². The molecule has 0 spiro atoms. The van der Waals surface area contributed by atoms with Gasteiger partial charge in [0.05, 0.1) is 24.9 Å². The predicted octanol–water partition coefficient (Wildman–Crippen LogP) is 4.17. The quantitative estimate of drug-likeness (QED) is 0.474. The number of hydrogen-bond acceptors (Lipinski definition) is 5. The van der Waals surface area contributed by atoms with E-state index in [1.165, 1.54) is 6.21 Å². The fourth-order valence-corrected chi connectivity index (χ4v) is 2.60. The second-order valence-electron chi connectivity index (χ2n) is 5.56. The minimum absolute atomic E-state index is 0.120. The Bertz CT molecular complexity index is 939. The van der Waals surface area contributed by atoms with Crippen molar-refractivity contribution in [3.63, 3.8) is 0 Å². The number of hydrazone groups is 1. The summed E-state index contributed by atoms with van der Waals surface area (Å²) < 4.78 is 10.8. The monoisotopic (exact) mass is 383 g/mol. The average Bonchev–Trinajstić information content (AvgIpc) is 3.16. The standard InChI is InChI=1S/C20H18ClN3O3/c1-26-19-9-7-14(11-17(19)21)18-10-8-16(27-18)12-23-24-20(25)13-22-15-5-3-2-4-6-15/h2-12,22H,13H2,1H3,(H,24,25)/b23-12-. The second-order valence-corrected chi connectivity index (χ2v) is 5.97.